The van der Waals surface area contributed by atoms with Crippen LogP contribution in [0.4, 0.5) is 10.1 Å². The van der Waals surface area contributed by atoms with Crippen LogP contribution in [0.1, 0.15) is 13.3 Å². The number of hydrogen-bond donors (Lipinski definition) is 1. The summed E-state index contributed by atoms with van der Waals surface area (Å²) >= 11 is 0. The highest BCUT2D eigenvalue weighted by Gasteiger charge is 2.30. The van der Waals surface area contributed by atoms with Crippen molar-refractivity contribution in [3.63, 3.8) is 0 Å². The smallest absolute Gasteiger partial charge is 0.146 e. The van der Waals surface area contributed by atoms with E-state index in [1.54, 1.807) is 6.07 Å². The van der Waals surface area contributed by atoms with E-state index < -0.39 is 0 Å². The SMILES string of the molecule is CN(CC1(C)CCNC1)c1ccccc1F. The van der Waals surface area contributed by atoms with Crippen molar-refractivity contribution in [2.45, 2.75) is 13.3 Å². The molecule has 0 spiro atoms. The molecule has 0 saturated carbocycles. The molecule has 1 aliphatic heterocycles. The van der Waals surface area contributed by atoms with Gasteiger partial charge in [-0.3, -0.25) is 0 Å². The summed E-state index contributed by atoms with van der Waals surface area (Å²) in [5.74, 6) is -0.139. The number of hydrogen-bond acceptors (Lipinski definition) is 2. The van der Waals surface area contributed by atoms with E-state index in [0.29, 0.717) is 5.69 Å². The summed E-state index contributed by atoms with van der Waals surface area (Å²) in [5.41, 5.74) is 0.951. The first kappa shape index (κ1) is 11.4. The number of anilines is 1. The van der Waals surface area contributed by atoms with Gasteiger partial charge in [0.2, 0.25) is 0 Å². The highest BCUT2D eigenvalue weighted by molar-refractivity contribution is 5.47. The van der Waals surface area contributed by atoms with Crippen molar-refractivity contribution >= 4 is 5.69 Å². The van der Waals surface area contributed by atoms with Gasteiger partial charge in [-0.15, -0.1) is 0 Å². The summed E-state index contributed by atoms with van der Waals surface area (Å²) in [6, 6.07) is 6.96. The van der Waals surface area contributed by atoms with Crippen molar-refractivity contribution in [1.82, 2.24) is 5.32 Å². The molecular formula is C13H19FN2. The monoisotopic (exact) mass is 222 g/mol. The maximum Gasteiger partial charge on any atom is 0.146 e. The van der Waals surface area contributed by atoms with Gasteiger partial charge in [0.25, 0.3) is 0 Å². The van der Waals surface area contributed by atoms with Gasteiger partial charge >= 0.3 is 0 Å². The van der Waals surface area contributed by atoms with E-state index in [2.05, 4.69) is 12.2 Å². The first-order valence-electron chi connectivity index (χ1n) is 5.77. The lowest BCUT2D eigenvalue weighted by Gasteiger charge is -2.30. The van der Waals surface area contributed by atoms with Crippen LogP contribution in [0.3, 0.4) is 0 Å². The second-order valence-corrected chi connectivity index (χ2v) is 5.04. The van der Waals surface area contributed by atoms with E-state index in [0.717, 1.165) is 26.1 Å². The molecule has 0 aliphatic carbocycles. The minimum absolute atomic E-state index is 0.139. The lowest BCUT2D eigenvalue weighted by Crippen LogP contribution is -2.35. The predicted molar refractivity (Wildman–Crippen MR) is 65.3 cm³/mol. The number of halogens is 1. The van der Waals surface area contributed by atoms with Crippen molar-refractivity contribution in [2.24, 2.45) is 5.41 Å². The minimum Gasteiger partial charge on any atom is -0.372 e. The van der Waals surface area contributed by atoms with E-state index in [-0.39, 0.29) is 11.2 Å². The zero-order valence-corrected chi connectivity index (χ0v) is 9.96. The van der Waals surface area contributed by atoms with Crippen LogP contribution in [0.2, 0.25) is 0 Å². The Bertz CT molecular complexity index is 359. The molecule has 1 saturated heterocycles. The van der Waals surface area contributed by atoms with E-state index in [1.807, 2.05) is 24.1 Å². The topological polar surface area (TPSA) is 15.3 Å². The maximum absolute atomic E-state index is 13.6. The van der Waals surface area contributed by atoms with Crippen LogP contribution in [0.5, 0.6) is 0 Å². The van der Waals surface area contributed by atoms with Crippen molar-refractivity contribution in [2.75, 3.05) is 31.6 Å². The fourth-order valence-corrected chi connectivity index (χ4v) is 2.42. The lowest BCUT2D eigenvalue weighted by molar-refractivity contribution is 0.370. The standard InChI is InChI=1S/C13H19FN2/c1-13(7-8-15-9-13)10-16(2)12-6-4-3-5-11(12)14/h3-6,15H,7-10H2,1-2H3. The lowest BCUT2D eigenvalue weighted by atomic mass is 9.89. The molecule has 1 N–H and O–H groups in total. The zero-order chi connectivity index (χ0) is 11.6. The highest BCUT2D eigenvalue weighted by atomic mass is 19.1. The molecule has 1 aromatic rings. The van der Waals surface area contributed by atoms with Gasteiger partial charge in [0.1, 0.15) is 5.82 Å². The van der Waals surface area contributed by atoms with E-state index in [9.17, 15) is 4.39 Å². The normalized spacial score (nSPS) is 24.7. The average molecular weight is 222 g/mol. The molecule has 2 nitrogen and oxygen atoms in total. The molecule has 1 aromatic carbocycles. The van der Waals surface area contributed by atoms with Crippen LogP contribution in [0, 0.1) is 11.2 Å². The second-order valence-electron chi connectivity index (χ2n) is 5.04. The average Bonchev–Trinajstić information content (AvgIpc) is 2.65. The van der Waals surface area contributed by atoms with Gasteiger partial charge in [-0.25, -0.2) is 4.39 Å². The van der Waals surface area contributed by atoms with Crippen molar-refractivity contribution < 1.29 is 4.39 Å². The Morgan fingerprint density at radius 2 is 2.19 bits per heavy atom. The van der Waals surface area contributed by atoms with Gasteiger partial charge in [-0.05, 0) is 30.5 Å². The fourth-order valence-electron chi connectivity index (χ4n) is 2.42. The molecule has 1 fully saturated rings. The van der Waals surface area contributed by atoms with E-state index >= 15 is 0 Å². The van der Waals surface area contributed by atoms with E-state index in [1.165, 1.54) is 6.07 Å². The first-order chi connectivity index (χ1) is 7.61. The summed E-state index contributed by atoms with van der Waals surface area (Å²) < 4.78 is 13.6. The van der Waals surface area contributed by atoms with Crippen LogP contribution < -0.4 is 10.2 Å². The molecule has 1 unspecified atom stereocenters. The molecule has 0 radical (unpaired) electrons. The molecule has 0 bridgehead atoms. The molecule has 1 heterocycles. The Labute approximate surface area is 96.5 Å². The van der Waals surface area contributed by atoms with Gasteiger partial charge in [0.05, 0.1) is 5.69 Å². The van der Waals surface area contributed by atoms with Crippen LogP contribution in [0.25, 0.3) is 0 Å². The quantitative estimate of drug-likeness (QED) is 0.844. The molecule has 16 heavy (non-hydrogen) atoms. The molecule has 1 aliphatic rings. The summed E-state index contributed by atoms with van der Waals surface area (Å²) in [6.07, 6.45) is 1.16. The van der Waals surface area contributed by atoms with Crippen molar-refractivity contribution in [3.8, 4) is 0 Å². The Morgan fingerprint density at radius 3 is 2.81 bits per heavy atom. The molecule has 3 heteroatoms. The number of para-hydroxylation sites is 1. The molecular weight excluding hydrogens is 203 g/mol. The van der Waals surface area contributed by atoms with Crippen LogP contribution in [-0.4, -0.2) is 26.7 Å². The molecule has 88 valence electrons. The Kier molecular flexibility index (Phi) is 3.15. The third-order valence-corrected chi connectivity index (χ3v) is 3.34. The molecule has 1 atom stereocenters. The number of rotatable bonds is 3. The largest absolute Gasteiger partial charge is 0.372 e. The fraction of sp³-hybridized carbons (Fsp3) is 0.538. The van der Waals surface area contributed by atoms with Crippen molar-refractivity contribution in [3.05, 3.63) is 30.1 Å². The third kappa shape index (κ3) is 2.35. The van der Waals surface area contributed by atoms with Gasteiger partial charge in [0.15, 0.2) is 0 Å². The van der Waals surface area contributed by atoms with Crippen molar-refractivity contribution in [1.29, 1.82) is 0 Å². The number of nitrogens with one attached hydrogen (secondary N) is 1. The summed E-state index contributed by atoms with van der Waals surface area (Å²) in [4.78, 5) is 2.02. The summed E-state index contributed by atoms with van der Waals surface area (Å²) in [5, 5.41) is 3.36. The summed E-state index contributed by atoms with van der Waals surface area (Å²) in [6.45, 7) is 5.23. The van der Waals surface area contributed by atoms with Gasteiger partial charge in [0, 0.05) is 20.1 Å². The van der Waals surface area contributed by atoms with Crippen LogP contribution >= 0.6 is 0 Å². The predicted octanol–water partition coefficient (Wildman–Crippen LogP) is 2.26. The third-order valence-electron chi connectivity index (χ3n) is 3.34. The maximum atomic E-state index is 13.6. The highest BCUT2D eigenvalue weighted by Crippen LogP contribution is 2.28. The second kappa shape index (κ2) is 4.42. The summed E-state index contributed by atoms with van der Waals surface area (Å²) in [7, 11) is 1.96. The first-order valence-corrected chi connectivity index (χ1v) is 5.77. The Balaban J connectivity index is 2.08. The van der Waals surface area contributed by atoms with Crippen LogP contribution in [-0.2, 0) is 0 Å². The van der Waals surface area contributed by atoms with Gasteiger partial charge in [-0.1, -0.05) is 19.1 Å². The van der Waals surface area contributed by atoms with E-state index in [4.69, 9.17) is 0 Å². The van der Waals surface area contributed by atoms with Crippen LogP contribution in [0.15, 0.2) is 24.3 Å². The number of benzene rings is 1. The molecule has 0 amide bonds. The molecule has 0 aromatic heterocycles. The number of nitrogens with zero attached hydrogens (tertiary/aromatic N) is 1. The Hall–Kier alpha value is -1.09. The van der Waals surface area contributed by atoms with Gasteiger partial charge in [-0.2, -0.15) is 0 Å². The Morgan fingerprint density at radius 1 is 1.44 bits per heavy atom. The molecule has 2 rings (SSSR count). The zero-order valence-electron chi connectivity index (χ0n) is 9.96. The van der Waals surface area contributed by atoms with Gasteiger partial charge < -0.3 is 10.2 Å². The minimum atomic E-state index is -0.139.